The molecule has 3 aromatic rings. The van der Waals surface area contributed by atoms with Crippen molar-refractivity contribution in [2.45, 2.75) is 13.3 Å². The van der Waals surface area contributed by atoms with E-state index < -0.39 is 0 Å². The number of hydrogen-bond donors (Lipinski definition) is 0. The van der Waals surface area contributed by atoms with Crippen LogP contribution in [0.1, 0.15) is 12.5 Å². The second kappa shape index (κ2) is 4.69. The molecule has 94 valence electrons. The molecule has 19 heavy (non-hydrogen) atoms. The molecule has 3 heteroatoms. The first-order valence-electron chi connectivity index (χ1n) is 6.32. The summed E-state index contributed by atoms with van der Waals surface area (Å²) in [6.07, 6.45) is 2.67. The summed E-state index contributed by atoms with van der Waals surface area (Å²) in [7, 11) is 0. The molecule has 0 aliphatic rings. The van der Waals surface area contributed by atoms with Gasteiger partial charge in [0.05, 0.1) is 5.39 Å². The highest BCUT2D eigenvalue weighted by Gasteiger charge is 2.16. The lowest BCUT2D eigenvalue weighted by atomic mass is 10.1. The highest BCUT2D eigenvalue weighted by atomic mass is 16.4. The fourth-order valence-corrected chi connectivity index (χ4v) is 2.21. The molecule has 0 bridgehead atoms. The highest BCUT2D eigenvalue weighted by Crippen LogP contribution is 2.16. The number of hydrogen-bond acceptors (Lipinski definition) is 2. The molecule has 1 aromatic heterocycles. The van der Waals surface area contributed by atoms with Crippen molar-refractivity contribution < 1.29 is 8.98 Å². The minimum absolute atomic E-state index is 0.361. The van der Waals surface area contributed by atoms with Gasteiger partial charge in [-0.2, -0.15) is 4.79 Å². The summed E-state index contributed by atoms with van der Waals surface area (Å²) in [4.78, 5) is 12.1. The molecular weight excluding hydrogens is 238 g/mol. The summed E-state index contributed by atoms with van der Waals surface area (Å²) in [6.45, 7) is 2.05. The first-order valence-corrected chi connectivity index (χ1v) is 6.32. The standard InChI is InChI=1S/C16H14NO2/c1-2-12-7-6-8-13-11-17(16(18)19-15(12)13)14-9-4-3-5-10-14/h3-11H,2H2,1H3/q+1. The van der Waals surface area contributed by atoms with E-state index in [4.69, 9.17) is 4.42 Å². The van der Waals surface area contributed by atoms with Crippen LogP contribution >= 0.6 is 0 Å². The van der Waals surface area contributed by atoms with Crippen LogP contribution in [0.15, 0.2) is 63.9 Å². The Balaban J connectivity index is 2.30. The third-order valence-electron chi connectivity index (χ3n) is 3.20. The monoisotopic (exact) mass is 252 g/mol. The molecule has 0 atom stereocenters. The Morgan fingerprint density at radius 1 is 1.05 bits per heavy atom. The molecule has 0 radical (unpaired) electrons. The van der Waals surface area contributed by atoms with E-state index in [1.807, 2.05) is 61.7 Å². The maximum atomic E-state index is 12.1. The van der Waals surface area contributed by atoms with Crippen LogP contribution in [0.4, 0.5) is 0 Å². The smallest absolute Gasteiger partial charge is 0.371 e. The summed E-state index contributed by atoms with van der Waals surface area (Å²) in [5.41, 5.74) is 2.54. The Morgan fingerprint density at radius 2 is 1.84 bits per heavy atom. The number of rotatable bonds is 2. The highest BCUT2D eigenvalue weighted by molar-refractivity contribution is 5.78. The van der Waals surface area contributed by atoms with Gasteiger partial charge < -0.3 is 4.42 Å². The lowest BCUT2D eigenvalue weighted by Gasteiger charge is -2.01. The van der Waals surface area contributed by atoms with Crippen molar-refractivity contribution in [2.75, 3.05) is 0 Å². The first kappa shape index (κ1) is 11.7. The second-order valence-electron chi connectivity index (χ2n) is 4.39. The zero-order valence-electron chi connectivity index (χ0n) is 10.7. The normalized spacial score (nSPS) is 10.8. The zero-order chi connectivity index (χ0) is 13.2. The van der Waals surface area contributed by atoms with Crippen LogP contribution in [-0.4, -0.2) is 0 Å². The Hall–Kier alpha value is -2.42. The lowest BCUT2D eigenvalue weighted by molar-refractivity contribution is -0.623. The summed E-state index contributed by atoms with van der Waals surface area (Å²) >= 11 is 0. The van der Waals surface area contributed by atoms with Crippen molar-refractivity contribution in [1.82, 2.24) is 0 Å². The Labute approximate surface area is 110 Å². The van der Waals surface area contributed by atoms with E-state index in [-0.39, 0.29) is 5.76 Å². The molecule has 0 fully saturated rings. The molecule has 1 heterocycles. The van der Waals surface area contributed by atoms with E-state index in [1.165, 1.54) is 4.57 Å². The van der Waals surface area contributed by atoms with Gasteiger partial charge in [-0.25, -0.2) is 0 Å². The molecule has 0 aliphatic heterocycles. The topological polar surface area (TPSA) is 34.1 Å². The number of aryl methyl sites for hydroxylation is 1. The molecule has 3 rings (SSSR count). The Kier molecular flexibility index (Phi) is 2.88. The van der Waals surface area contributed by atoms with Crippen molar-refractivity contribution in [3.63, 3.8) is 0 Å². The fourth-order valence-electron chi connectivity index (χ4n) is 2.21. The zero-order valence-corrected chi connectivity index (χ0v) is 10.7. The van der Waals surface area contributed by atoms with E-state index in [9.17, 15) is 4.79 Å². The van der Waals surface area contributed by atoms with Crippen molar-refractivity contribution in [3.05, 3.63) is 70.8 Å². The molecule has 2 aromatic carbocycles. The van der Waals surface area contributed by atoms with Crippen molar-refractivity contribution in [1.29, 1.82) is 0 Å². The van der Waals surface area contributed by atoms with E-state index in [2.05, 4.69) is 0 Å². The molecule has 0 unspecified atom stereocenters. The number of nitrogens with zero attached hydrogens (tertiary/aromatic N) is 1. The number of aromatic nitrogens is 1. The first-order chi connectivity index (χ1) is 9.29. The van der Waals surface area contributed by atoms with Gasteiger partial charge in [0.15, 0.2) is 11.8 Å². The lowest BCUT2D eigenvalue weighted by Crippen LogP contribution is -2.46. The number of benzene rings is 2. The summed E-state index contributed by atoms with van der Waals surface area (Å²) in [5.74, 6) is -0.361. The minimum atomic E-state index is -0.361. The predicted molar refractivity (Wildman–Crippen MR) is 73.4 cm³/mol. The molecule has 0 spiro atoms. The molecule has 0 saturated heterocycles. The minimum Gasteiger partial charge on any atom is -0.371 e. The Bertz CT molecular complexity index is 776. The third kappa shape index (κ3) is 2.03. The average molecular weight is 252 g/mol. The van der Waals surface area contributed by atoms with Gasteiger partial charge in [0, 0.05) is 12.1 Å². The third-order valence-corrected chi connectivity index (χ3v) is 3.20. The van der Waals surface area contributed by atoms with Gasteiger partial charge in [-0.3, -0.25) is 0 Å². The fraction of sp³-hybridized carbons (Fsp3) is 0.125. The molecular formula is C16H14NO2+. The van der Waals surface area contributed by atoms with Crippen LogP contribution in [0.2, 0.25) is 0 Å². The van der Waals surface area contributed by atoms with Crippen LogP contribution in [0.25, 0.3) is 16.7 Å². The van der Waals surface area contributed by atoms with E-state index in [0.717, 1.165) is 23.1 Å². The Morgan fingerprint density at radius 3 is 2.58 bits per heavy atom. The van der Waals surface area contributed by atoms with Crippen LogP contribution in [-0.2, 0) is 6.42 Å². The largest absolute Gasteiger partial charge is 0.608 e. The summed E-state index contributed by atoms with van der Waals surface area (Å²) in [6, 6.07) is 15.4. The van der Waals surface area contributed by atoms with E-state index in [0.29, 0.717) is 5.58 Å². The van der Waals surface area contributed by atoms with Crippen molar-refractivity contribution in [3.8, 4) is 5.69 Å². The van der Waals surface area contributed by atoms with E-state index >= 15 is 0 Å². The average Bonchev–Trinajstić information content (AvgIpc) is 2.47. The van der Waals surface area contributed by atoms with E-state index in [1.54, 1.807) is 0 Å². The molecule has 0 N–H and O–H groups in total. The predicted octanol–water partition coefficient (Wildman–Crippen LogP) is 2.63. The van der Waals surface area contributed by atoms with Crippen molar-refractivity contribution in [2.24, 2.45) is 0 Å². The quantitative estimate of drug-likeness (QED) is 0.657. The second-order valence-corrected chi connectivity index (χ2v) is 4.39. The maximum Gasteiger partial charge on any atom is 0.608 e. The van der Waals surface area contributed by atoms with Gasteiger partial charge >= 0.3 is 5.76 Å². The van der Waals surface area contributed by atoms with Gasteiger partial charge in [0.25, 0.3) is 0 Å². The molecule has 0 amide bonds. The van der Waals surface area contributed by atoms with Gasteiger partial charge in [-0.1, -0.05) is 41.8 Å². The number of fused-ring (bicyclic) bond motifs is 1. The van der Waals surface area contributed by atoms with Crippen LogP contribution < -0.4 is 10.3 Å². The van der Waals surface area contributed by atoms with Crippen LogP contribution in [0, 0.1) is 0 Å². The summed E-state index contributed by atoms with van der Waals surface area (Å²) in [5, 5.41) is 0.933. The van der Waals surface area contributed by atoms with Gasteiger partial charge in [0.1, 0.15) is 0 Å². The van der Waals surface area contributed by atoms with Gasteiger partial charge in [0.2, 0.25) is 5.69 Å². The number of para-hydroxylation sites is 2. The van der Waals surface area contributed by atoms with Crippen LogP contribution in [0.3, 0.4) is 0 Å². The van der Waals surface area contributed by atoms with Crippen molar-refractivity contribution >= 4 is 11.0 Å². The SMILES string of the molecule is CCc1cccc2c[n+](-c3ccccc3)c(=O)oc12. The van der Waals surface area contributed by atoms with Gasteiger partial charge in [-0.05, 0) is 18.1 Å². The maximum absolute atomic E-state index is 12.1. The van der Waals surface area contributed by atoms with Gasteiger partial charge in [-0.15, -0.1) is 0 Å². The molecule has 0 saturated carbocycles. The summed E-state index contributed by atoms with van der Waals surface area (Å²) < 4.78 is 7.01. The molecule has 0 aliphatic carbocycles. The van der Waals surface area contributed by atoms with Crippen LogP contribution in [0.5, 0.6) is 0 Å². The molecule has 3 nitrogen and oxygen atoms in total.